The van der Waals surface area contributed by atoms with Gasteiger partial charge in [0.15, 0.2) is 0 Å². The second kappa shape index (κ2) is 9.19. The van der Waals surface area contributed by atoms with Crippen LogP contribution in [-0.2, 0) is 21.2 Å². The molecule has 5 nitrogen and oxygen atoms in total. The molecule has 1 atom stereocenters. The molecule has 0 fully saturated rings. The van der Waals surface area contributed by atoms with Crippen molar-refractivity contribution in [3.05, 3.63) is 64.9 Å². The Bertz CT molecular complexity index is 905. The summed E-state index contributed by atoms with van der Waals surface area (Å²) in [5.74, 6) is -1.03. The minimum Gasteiger partial charge on any atom is -0.354 e. The predicted octanol–water partition coefficient (Wildman–Crippen LogP) is 3.38. The SMILES string of the molecule is CC(C(=O)NCCCc1ccccc1Cl)N(c1cccc(F)c1)S(C)(=O)=O. The number of hydrogen-bond donors (Lipinski definition) is 1. The Morgan fingerprint density at radius 1 is 1.22 bits per heavy atom. The van der Waals surface area contributed by atoms with Crippen LogP contribution < -0.4 is 9.62 Å². The Labute approximate surface area is 164 Å². The molecular formula is C19H22ClFN2O3S. The molecule has 0 aromatic heterocycles. The van der Waals surface area contributed by atoms with Gasteiger partial charge in [0.2, 0.25) is 15.9 Å². The fourth-order valence-electron chi connectivity index (χ4n) is 2.76. The van der Waals surface area contributed by atoms with Gasteiger partial charge in [-0.25, -0.2) is 12.8 Å². The summed E-state index contributed by atoms with van der Waals surface area (Å²) >= 11 is 6.10. The van der Waals surface area contributed by atoms with Crippen molar-refractivity contribution in [1.29, 1.82) is 0 Å². The van der Waals surface area contributed by atoms with Crippen molar-refractivity contribution in [2.75, 3.05) is 17.1 Å². The molecular weight excluding hydrogens is 391 g/mol. The van der Waals surface area contributed by atoms with Gasteiger partial charge in [0.25, 0.3) is 0 Å². The highest BCUT2D eigenvalue weighted by Gasteiger charge is 2.29. The molecule has 1 unspecified atom stereocenters. The molecule has 0 heterocycles. The molecule has 8 heteroatoms. The molecule has 1 amide bonds. The molecule has 146 valence electrons. The lowest BCUT2D eigenvalue weighted by Gasteiger charge is -2.28. The molecule has 0 aliphatic carbocycles. The van der Waals surface area contributed by atoms with Gasteiger partial charge in [0.1, 0.15) is 11.9 Å². The van der Waals surface area contributed by atoms with Crippen LogP contribution in [0.3, 0.4) is 0 Å². The number of hydrogen-bond acceptors (Lipinski definition) is 3. The van der Waals surface area contributed by atoms with Crippen molar-refractivity contribution in [3.8, 4) is 0 Å². The normalized spacial score (nSPS) is 12.4. The van der Waals surface area contributed by atoms with Crippen LogP contribution in [-0.4, -0.2) is 33.2 Å². The number of carbonyl (C=O) groups is 1. The zero-order valence-electron chi connectivity index (χ0n) is 15.2. The Kier molecular flexibility index (Phi) is 7.21. The summed E-state index contributed by atoms with van der Waals surface area (Å²) in [6, 6.07) is 11.6. The zero-order chi connectivity index (χ0) is 20.0. The van der Waals surface area contributed by atoms with Crippen molar-refractivity contribution in [3.63, 3.8) is 0 Å². The summed E-state index contributed by atoms with van der Waals surface area (Å²) in [6.45, 7) is 1.84. The molecule has 0 aliphatic rings. The van der Waals surface area contributed by atoms with Gasteiger partial charge in [0.05, 0.1) is 11.9 Å². The molecule has 0 bridgehead atoms. The predicted molar refractivity (Wildman–Crippen MR) is 106 cm³/mol. The molecule has 1 N–H and O–H groups in total. The molecule has 0 aliphatic heterocycles. The lowest BCUT2D eigenvalue weighted by atomic mass is 10.1. The van der Waals surface area contributed by atoms with E-state index in [4.69, 9.17) is 11.6 Å². The van der Waals surface area contributed by atoms with Gasteiger partial charge in [-0.15, -0.1) is 0 Å². The van der Waals surface area contributed by atoms with Gasteiger partial charge < -0.3 is 5.32 Å². The van der Waals surface area contributed by atoms with E-state index in [2.05, 4.69) is 5.32 Å². The number of anilines is 1. The van der Waals surface area contributed by atoms with Crippen LogP contribution >= 0.6 is 11.6 Å². The van der Waals surface area contributed by atoms with E-state index in [9.17, 15) is 17.6 Å². The lowest BCUT2D eigenvalue weighted by molar-refractivity contribution is -0.121. The average molecular weight is 413 g/mol. The highest BCUT2D eigenvalue weighted by atomic mass is 35.5. The largest absolute Gasteiger partial charge is 0.354 e. The maximum absolute atomic E-state index is 13.5. The van der Waals surface area contributed by atoms with E-state index in [1.54, 1.807) is 6.07 Å². The van der Waals surface area contributed by atoms with Crippen LogP contribution in [0.4, 0.5) is 10.1 Å². The molecule has 27 heavy (non-hydrogen) atoms. The Morgan fingerprint density at radius 2 is 1.93 bits per heavy atom. The van der Waals surface area contributed by atoms with E-state index < -0.39 is 27.8 Å². The number of sulfonamides is 1. The number of amides is 1. The Hall–Kier alpha value is -2.12. The topological polar surface area (TPSA) is 66.5 Å². The number of aryl methyl sites for hydroxylation is 1. The standard InChI is InChI=1S/C19H22ClFN2O3S/c1-14(23(27(2,25)26)17-10-5-9-16(21)13-17)19(24)22-12-6-8-15-7-3-4-11-18(15)20/h3-5,7,9-11,13-14H,6,8,12H2,1-2H3,(H,22,24). The quantitative estimate of drug-likeness (QED) is 0.676. The number of nitrogens with zero attached hydrogens (tertiary/aromatic N) is 1. The van der Waals surface area contributed by atoms with Crippen LogP contribution in [0.1, 0.15) is 18.9 Å². The highest BCUT2D eigenvalue weighted by Crippen LogP contribution is 2.21. The summed E-state index contributed by atoms with van der Waals surface area (Å²) in [5, 5.41) is 3.40. The molecule has 2 aromatic rings. The lowest BCUT2D eigenvalue weighted by Crippen LogP contribution is -2.48. The van der Waals surface area contributed by atoms with Crippen LogP contribution in [0.2, 0.25) is 5.02 Å². The van der Waals surface area contributed by atoms with Crippen molar-refractivity contribution in [2.45, 2.75) is 25.8 Å². The number of rotatable bonds is 8. The number of benzene rings is 2. The second-order valence-electron chi connectivity index (χ2n) is 6.20. The Balaban J connectivity index is 2.00. The monoisotopic (exact) mass is 412 g/mol. The molecule has 2 rings (SSSR count). The van der Waals surface area contributed by atoms with E-state index in [1.807, 2.05) is 18.2 Å². The van der Waals surface area contributed by atoms with Gasteiger partial charge in [-0.3, -0.25) is 9.10 Å². The molecule has 0 saturated carbocycles. The fraction of sp³-hybridized carbons (Fsp3) is 0.316. The first-order valence-corrected chi connectivity index (χ1v) is 10.7. The third-order valence-electron chi connectivity index (χ3n) is 4.03. The summed E-state index contributed by atoms with van der Waals surface area (Å²) in [7, 11) is -3.77. The van der Waals surface area contributed by atoms with E-state index in [1.165, 1.54) is 25.1 Å². The molecule has 0 radical (unpaired) electrons. The van der Waals surface area contributed by atoms with E-state index >= 15 is 0 Å². The molecule has 2 aromatic carbocycles. The highest BCUT2D eigenvalue weighted by molar-refractivity contribution is 7.92. The second-order valence-corrected chi connectivity index (χ2v) is 8.47. The first-order chi connectivity index (χ1) is 12.7. The summed E-state index contributed by atoms with van der Waals surface area (Å²) in [6.07, 6.45) is 2.33. The van der Waals surface area contributed by atoms with E-state index in [0.717, 1.165) is 22.2 Å². The zero-order valence-corrected chi connectivity index (χ0v) is 16.7. The fourth-order valence-corrected chi connectivity index (χ4v) is 4.16. The number of carbonyl (C=O) groups excluding carboxylic acids is 1. The van der Waals surface area contributed by atoms with Gasteiger partial charge >= 0.3 is 0 Å². The first kappa shape index (κ1) is 21.2. The van der Waals surface area contributed by atoms with Gasteiger partial charge in [-0.2, -0.15) is 0 Å². The minimum absolute atomic E-state index is 0.108. The summed E-state index contributed by atoms with van der Waals surface area (Å²) in [4.78, 5) is 12.4. The van der Waals surface area contributed by atoms with Gasteiger partial charge in [-0.1, -0.05) is 35.9 Å². The van der Waals surface area contributed by atoms with Gasteiger partial charge in [-0.05, 0) is 49.6 Å². The minimum atomic E-state index is -3.77. The van der Waals surface area contributed by atoms with E-state index in [0.29, 0.717) is 24.4 Å². The molecule has 0 saturated heterocycles. The van der Waals surface area contributed by atoms with Crippen molar-refractivity contribution < 1.29 is 17.6 Å². The van der Waals surface area contributed by atoms with Crippen molar-refractivity contribution in [2.24, 2.45) is 0 Å². The van der Waals surface area contributed by atoms with Crippen molar-refractivity contribution >= 4 is 33.2 Å². The first-order valence-electron chi connectivity index (χ1n) is 8.46. The third kappa shape index (κ3) is 5.94. The average Bonchev–Trinajstić information content (AvgIpc) is 2.59. The summed E-state index contributed by atoms with van der Waals surface area (Å²) in [5.41, 5.74) is 1.09. The third-order valence-corrected chi connectivity index (χ3v) is 5.64. The van der Waals surface area contributed by atoms with Crippen LogP contribution in [0.25, 0.3) is 0 Å². The smallest absolute Gasteiger partial charge is 0.243 e. The maximum Gasteiger partial charge on any atom is 0.243 e. The van der Waals surface area contributed by atoms with E-state index in [-0.39, 0.29) is 5.69 Å². The molecule has 0 spiro atoms. The van der Waals surface area contributed by atoms with Gasteiger partial charge in [0, 0.05) is 11.6 Å². The maximum atomic E-state index is 13.5. The number of halogens is 2. The van der Waals surface area contributed by atoms with Crippen molar-refractivity contribution in [1.82, 2.24) is 5.32 Å². The van der Waals surface area contributed by atoms with Crippen LogP contribution in [0, 0.1) is 5.82 Å². The number of nitrogens with one attached hydrogen (secondary N) is 1. The summed E-state index contributed by atoms with van der Waals surface area (Å²) < 4.78 is 38.7. The van der Waals surface area contributed by atoms with Crippen LogP contribution in [0.15, 0.2) is 48.5 Å². The van der Waals surface area contributed by atoms with Crippen LogP contribution in [0.5, 0.6) is 0 Å². The Morgan fingerprint density at radius 3 is 2.56 bits per heavy atom.